The van der Waals surface area contributed by atoms with Crippen LogP contribution in [0.15, 0.2) is 83.7 Å². The number of furan rings is 1. The van der Waals surface area contributed by atoms with Crippen LogP contribution >= 0.6 is 0 Å². The topological polar surface area (TPSA) is 93.3 Å². The highest BCUT2D eigenvalue weighted by atomic mass is 16.3. The summed E-state index contributed by atoms with van der Waals surface area (Å²) in [5, 5.41) is 13.5. The number of nitrogens with zero attached hydrogens (tertiary/aromatic N) is 4. The molecule has 3 heterocycles. The number of fused-ring (bicyclic) bond motifs is 3. The summed E-state index contributed by atoms with van der Waals surface area (Å²) >= 11 is 0. The van der Waals surface area contributed by atoms with E-state index in [1.54, 1.807) is 18.7 Å². The molecule has 0 radical (unpaired) electrons. The SMILES string of the molecule is Nc1ncc(CN(Cc2ccco2)C[C@@H](O)Cn2c3ccccc3c3ccccc32)cn1. The molecule has 0 fully saturated rings. The summed E-state index contributed by atoms with van der Waals surface area (Å²) in [4.78, 5) is 10.3. The Labute approximate surface area is 185 Å². The van der Waals surface area contributed by atoms with Gasteiger partial charge in [0.25, 0.3) is 0 Å². The van der Waals surface area contributed by atoms with E-state index < -0.39 is 6.10 Å². The summed E-state index contributed by atoms with van der Waals surface area (Å²) in [5.41, 5.74) is 8.79. The molecule has 0 saturated carbocycles. The fourth-order valence-corrected chi connectivity index (χ4v) is 4.28. The Morgan fingerprint density at radius 1 is 0.906 bits per heavy atom. The van der Waals surface area contributed by atoms with Gasteiger partial charge >= 0.3 is 0 Å². The number of anilines is 1. The molecule has 1 atom stereocenters. The fourth-order valence-electron chi connectivity index (χ4n) is 4.28. The highest BCUT2D eigenvalue weighted by Gasteiger charge is 2.18. The largest absolute Gasteiger partial charge is 0.468 e. The van der Waals surface area contributed by atoms with Gasteiger partial charge in [-0.25, -0.2) is 9.97 Å². The average Bonchev–Trinajstić information content (AvgIpc) is 3.42. The number of aliphatic hydroxyl groups is 1. The van der Waals surface area contributed by atoms with Gasteiger partial charge in [0.1, 0.15) is 5.76 Å². The van der Waals surface area contributed by atoms with Crippen molar-refractivity contribution in [1.29, 1.82) is 0 Å². The number of hydrogen-bond donors (Lipinski definition) is 2. The normalized spacial score (nSPS) is 12.7. The standard InChI is InChI=1S/C25H25N5O2/c26-25-27-12-18(13-28-25)14-29(17-20-6-5-11-32-20)15-19(31)16-30-23-9-3-1-7-21(23)22-8-2-4-10-24(22)30/h1-13,19,31H,14-17H2,(H2,26,27,28)/t19-/m1/s1. The zero-order valence-electron chi connectivity index (χ0n) is 17.6. The lowest BCUT2D eigenvalue weighted by Crippen LogP contribution is -2.34. The van der Waals surface area contributed by atoms with Gasteiger partial charge in [-0.3, -0.25) is 4.90 Å². The number of para-hydroxylation sites is 2. The Kier molecular flexibility index (Phi) is 5.58. The molecule has 2 aromatic carbocycles. The first-order chi connectivity index (χ1) is 15.7. The van der Waals surface area contributed by atoms with E-state index in [0.717, 1.165) is 22.4 Å². The molecular weight excluding hydrogens is 402 g/mol. The van der Waals surface area contributed by atoms with Crippen LogP contribution in [-0.2, 0) is 19.6 Å². The maximum atomic E-state index is 11.1. The summed E-state index contributed by atoms with van der Waals surface area (Å²) in [5.74, 6) is 1.09. The van der Waals surface area contributed by atoms with Crippen molar-refractivity contribution in [3.63, 3.8) is 0 Å². The lowest BCUT2D eigenvalue weighted by Gasteiger charge is -2.25. The van der Waals surface area contributed by atoms with E-state index in [-0.39, 0.29) is 5.95 Å². The summed E-state index contributed by atoms with van der Waals surface area (Å²) < 4.78 is 7.74. The fraction of sp³-hybridized carbons (Fsp3) is 0.200. The van der Waals surface area contributed by atoms with Gasteiger partial charge in [-0.05, 0) is 24.3 Å². The molecule has 7 nitrogen and oxygen atoms in total. The minimum absolute atomic E-state index is 0.248. The molecule has 7 heteroatoms. The third kappa shape index (κ3) is 4.21. The third-order valence-corrected chi connectivity index (χ3v) is 5.63. The Morgan fingerprint density at radius 3 is 2.19 bits per heavy atom. The second kappa shape index (κ2) is 8.82. The first-order valence-corrected chi connectivity index (χ1v) is 10.6. The molecular formula is C25H25N5O2. The van der Waals surface area contributed by atoms with Gasteiger partial charge in [-0.2, -0.15) is 0 Å². The molecule has 5 rings (SSSR count). The van der Waals surface area contributed by atoms with Crippen molar-refractivity contribution in [2.24, 2.45) is 0 Å². The lowest BCUT2D eigenvalue weighted by molar-refractivity contribution is 0.0888. The second-order valence-electron chi connectivity index (χ2n) is 8.00. The number of hydrogen-bond acceptors (Lipinski definition) is 6. The molecule has 5 aromatic rings. The number of benzene rings is 2. The van der Waals surface area contributed by atoms with Gasteiger partial charge in [0.05, 0.1) is 25.5 Å². The van der Waals surface area contributed by atoms with Crippen LogP contribution in [-0.4, -0.2) is 37.2 Å². The second-order valence-corrected chi connectivity index (χ2v) is 8.00. The molecule has 0 bridgehead atoms. The maximum absolute atomic E-state index is 11.1. The Balaban J connectivity index is 1.39. The number of nitrogen functional groups attached to an aromatic ring is 1. The zero-order valence-corrected chi connectivity index (χ0v) is 17.6. The quantitative estimate of drug-likeness (QED) is 0.391. The molecule has 0 spiro atoms. The monoisotopic (exact) mass is 427 g/mol. The maximum Gasteiger partial charge on any atom is 0.219 e. The van der Waals surface area contributed by atoms with E-state index in [0.29, 0.717) is 26.2 Å². The summed E-state index contributed by atoms with van der Waals surface area (Å²) in [7, 11) is 0. The van der Waals surface area contributed by atoms with Gasteiger partial charge < -0.3 is 19.8 Å². The van der Waals surface area contributed by atoms with E-state index in [1.165, 1.54) is 10.8 Å². The molecule has 3 aromatic heterocycles. The first-order valence-electron chi connectivity index (χ1n) is 10.6. The smallest absolute Gasteiger partial charge is 0.219 e. The van der Waals surface area contributed by atoms with Gasteiger partial charge in [-0.1, -0.05) is 36.4 Å². The van der Waals surface area contributed by atoms with Crippen LogP contribution in [0, 0.1) is 0 Å². The molecule has 162 valence electrons. The van der Waals surface area contributed by atoms with E-state index in [9.17, 15) is 5.11 Å². The molecule has 0 unspecified atom stereocenters. The molecule has 0 aliphatic heterocycles. The van der Waals surface area contributed by atoms with Crippen molar-refractivity contribution < 1.29 is 9.52 Å². The van der Waals surface area contributed by atoms with E-state index in [4.69, 9.17) is 10.2 Å². The van der Waals surface area contributed by atoms with Gasteiger partial charge in [0.15, 0.2) is 0 Å². The highest BCUT2D eigenvalue weighted by molar-refractivity contribution is 6.07. The summed E-state index contributed by atoms with van der Waals surface area (Å²) in [6.07, 6.45) is 4.51. The molecule has 3 N–H and O–H groups in total. The van der Waals surface area contributed by atoms with Crippen molar-refractivity contribution >= 4 is 27.8 Å². The lowest BCUT2D eigenvalue weighted by atomic mass is 10.2. The van der Waals surface area contributed by atoms with Crippen LogP contribution in [0.2, 0.25) is 0 Å². The van der Waals surface area contributed by atoms with Crippen LogP contribution in [0.25, 0.3) is 21.8 Å². The minimum atomic E-state index is -0.584. The predicted octanol–water partition coefficient (Wildman–Crippen LogP) is 3.82. The Hall–Kier alpha value is -3.68. The Bertz CT molecular complexity index is 1260. The van der Waals surface area contributed by atoms with Crippen molar-refractivity contribution in [3.8, 4) is 0 Å². The van der Waals surface area contributed by atoms with Crippen LogP contribution in [0.1, 0.15) is 11.3 Å². The van der Waals surface area contributed by atoms with Crippen molar-refractivity contribution in [3.05, 3.63) is 90.6 Å². The van der Waals surface area contributed by atoms with Crippen molar-refractivity contribution in [2.45, 2.75) is 25.7 Å². The van der Waals surface area contributed by atoms with E-state index in [2.05, 4.69) is 55.8 Å². The number of rotatable bonds is 8. The van der Waals surface area contributed by atoms with Crippen molar-refractivity contribution in [1.82, 2.24) is 19.4 Å². The van der Waals surface area contributed by atoms with Crippen LogP contribution in [0.5, 0.6) is 0 Å². The highest BCUT2D eigenvalue weighted by Crippen LogP contribution is 2.29. The molecule has 32 heavy (non-hydrogen) atoms. The van der Waals surface area contributed by atoms with Crippen LogP contribution < -0.4 is 5.73 Å². The molecule has 0 saturated heterocycles. The molecule has 0 amide bonds. The summed E-state index contributed by atoms with van der Waals surface area (Å²) in [6, 6.07) is 20.5. The van der Waals surface area contributed by atoms with Crippen LogP contribution in [0.3, 0.4) is 0 Å². The zero-order chi connectivity index (χ0) is 21.9. The van der Waals surface area contributed by atoms with Crippen molar-refractivity contribution in [2.75, 3.05) is 12.3 Å². The average molecular weight is 428 g/mol. The minimum Gasteiger partial charge on any atom is -0.468 e. The third-order valence-electron chi connectivity index (χ3n) is 5.63. The summed E-state index contributed by atoms with van der Waals surface area (Å²) in [6.45, 7) is 2.10. The van der Waals surface area contributed by atoms with E-state index in [1.807, 2.05) is 24.3 Å². The number of nitrogens with two attached hydrogens (primary N) is 1. The molecule has 0 aliphatic rings. The van der Waals surface area contributed by atoms with Crippen LogP contribution in [0.4, 0.5) is 5.95 Å². The van der Waals surface area contributed by atoms with Gasteiger partial charge in [-0.15, -0.1) is 0 Å². The molecule has 0 aliphatic carbocycles. The Morgan fingerprint density at radius 2 is 1.56 bits per heavy atom. The number of aliphatic hydroxyl groups excluding tert-OH is 1. The van der Waals surface area contributed by atoms with Gasteiger partial charge in [0, 0.05) is 52.9 Å². The van der Waals surface area contributed by atoms with E-state index >= 15 is 0 Å². The van der Waals surface area contributed by atoms with Gasteiger partial charge in [0.2, 0.25) is 5.95 Å². The predicted molar refractivity (Wildman–Crippen MR) is 125 cm³/mol. The number of aromatic nitrogens is 3. The first kappa shape index (κ1) is 20.2.